The minimum Gasteiger partial charge on any atom is -0.497 e. The smallest absolute Gasteiger partial charge is 0.305 e. The van der Waals surface area contributed by atoms with Gasteiger partial charge in [0, 0.05) is 18.2 Å². The van der Waals surface area contributed by atoms with E-state index in [1.54, 1.807) is 13.3 Å². The van der Waals surface area contributed by atoms with E-state index < -0.39 is 18.1 Å². The van der Waals surface area contributed by atoms with Crippen molar-refractivity contribution < 1.29 is 19.4 Å². The highest BCUT2D eigenvalue weighted by Gasteiger charge is 2.26. The number of aliphatic carboxylic acids is 1. The van der Waals surface area contributed by atoms with Crippen molar-refractivity contribution in [1.82, 2.24) is 9.88 Å². The van der Waals surface area contributed by atoms with Crippen LogP contribution in [0.25, 0.3) is 11.1 Å². The number of nitrogens with zero attached hydrogens (tertiary/aromatic N) is 1. The largest absolute Gasteiger partial charge is 0.497 e. The summed E-state index contributed by atoms with van der Waals surface area (Å²) in [5.74, 6) is -0.632. The van der Waals surface area contributed by atoms with Crippen LogP contribution in [0, 0.1) is 6.92 Å². The number of amides is 1. The first-order valence-electron chi connectivity index (χ1n) is 14.3. The van der Waals surface area contributed by atoms with E-state index in [1.165, 1.54) is 4.57 Å². The van der Waals surface area contributed by atoms with Crippen LogP contribution in [0.3, 0.4) is 0 Å². The molecule has 218 valence electrons. The number of nitrogens with one attached hydrogen (secondary N) is 1. The number of carboxylic acids is 1. The molecule has 0 aliphatic rings. The molecule has 4 aromatic rings. The number of benzene rings is 3. The molecule has 0 bridgehead atoms. The van der Waals surface area contributed by atoms with Crippen LogP contribution in [0.15, 0.2) is 95.9 Å². The van der Waals surface area contributed by atoms with Crippen LogP contribution in [0.4, 0.5) is 0 Å². The lowest BCUT2D eigenvalue weighted by Crippen LogP contribution is -2.40. The molecule has 0 saturated heterocycles. The van der Waals surface area contributed by atoms with Crippen LogP contribution in [-0.4, -0.2) is 28.7 Å². The molecule has 3 aromatic carbocycles. The molecule has 1 heterocycles. The van der Waals surface area contributed by atoms with E-state index in [4.69, 9.17) is 4.74 Å². The van der Waals surface area contributed by atoms with E-state index in [-0.39, 0.29) is 17.9 Å². The van der Waals surface area contributed by atoms with Gasteiger partial charge in [-0.05, 0) is 59.4 Å². The number of hydrogen-bond acceptors (Lipinski definition) is 4. The molecule has 1 unspecified atom stereocenters. The summed E-state index contributed by atoms with van der Waals surface area (Å²) in [6.07, 6.45) is 3.97. The Morgan fingerprint density at radius 3 is 2.19 bits per heavy atom. The fraction of sp³-hybridized carbons (Fsp3) is 0.286. The van der Waals surface area contributed by atoms with Gasteiger partial charge in [0.15, 0.2) is 0 Å². The van der Waals surface area contributed by atoms with Gasteiger partial charge in [-0.2, -0.15) is 0 Å². The summed E-state index contributed by atoms with van der Waals surface area (Å²) in [4.78, 5) is 39.3. The summed E-state index contributed by atoms with van der Waals surface area (Å²) in [5, 5.41) is 12.6. The summed E-state index contributed by atoms with van der Waals surface area (Å²) >= 11 is 0. The highest BCUT2D eigenvalue weighted by molar-refractivity contribution is 5.81. The number of ether oxygens (including phenoxy) is 1. The first-order chi connectivity index (χ1) is 20.3. The van der Waals surface area contributed by atoms with Crippen molar-refractivity contribution in [2.75, 3.05) is 7.11 Å². The average molecular weight is 567 g/mol. The van der Waals surface area contributed by atoms with Crippen molar-refractivity contribution in [1.29, 1.82) is 0 Å². The SMILES string of the molecule is CCCCC(C(=O)N[C@@H](CC(=O)O)c1ccc(-c2ccc(OC)cc2)cc1)n1cc(C)cc(Cc2ccccc2)c1=O. The van der Waals surface area contributed by atoms with Crippen LogP contribution in [-0.2, 0) is 16.0 Å². The van der Waals surface area contributed by atoms with Crippen LogP contribution < -0.4 is 15.6 Å². The molecule has 0 fully saturated rings. The Morgan fingerprint density at radius 2 is 1.60 bits per heavy atom. The number of aromatic nitrogens is 1. The molecule has 7 nitrogen and oxygen atoms in total. The Morgan fingerprint density at radius 1 is 0.952 bits per heavy atom. The van der Waals surface area contributed by atoms with Crippen molar-refractivity contribution >= 4 is 11.9 Å². The Bertz CT molecular complexity index is 1540. The number of aryl methyl sites for hydroxylation is 1. The first-order valence-corrected chi connectivity index (χ1v) is 14.3. The van der Waals surface area contributed by atoms with Gasteiger partial charge in [-0.25, -0.2) is 0 Å². The topological polar surface area (TPSA) is 97.6 Å². The summed E-state index contributed by atoms with van der Waals surface area (Å²) in [6, 6.07) is 25.3. The molecule has 0 aliphatic carbocycles. The summed E-state index contributed by atoms with van der Waals surface area (Å²) in [5.41, 5.74) is 4.93. The quantitative estimate of drug-likeness (QED) is 0.193. The second-order valence-electron chi connectivity index (χ2n) is 10.6. The minimum atomic E-state index is -1.03. The number of methoxy groups -OCH3 is 1. The molecule has 42 heavy (non-hydrogen) atoms. The van der Waals surface area contributed by atoms with Crippen molar-refractivity contribution in [3.8, 4) is 16.9 Å². The van der Waals surface area contributed by atoms with Gasteiger partial charge in [-0.1, -0.05) is 86.5 Å². The lowest BCUT2D eigenvalue weighted by atomic mass is 9.98. The van der Waals surface area contributed by atoms with Gasteiger partial charge in [-0.15, -0.1) is 0 Å². The maximum Gasteiger partial charge on any atom is 0.305 e. The zero-order chi connectivity index (χ0) is 30.1. The highest BCUT2D eigenvalue weighted by Crippen LogP contribution is 2.26. The number of carbonyl (C=O) groups is 2. The van der Waals surface area contributed by atoms with Crippen LogP contribution >= 0.6 is 0 Å². The third kappa shape index (κ3) is 7.75. The van der Waals surface area contributed by atoms with Gasteiger partial charge >= 0.3 is 5.97 Å². The number of pyridine rings is 1. The maximum absolute atomic E-state index is 13.8. The third-order valence-electron chi connectivity index (χ3n) is 7.39. The molecule has 0 aliphatic heterocycles. The molecule has 0 saturated carbocycles. The van der Waals surface area contributed by atoms with E-state index in [9.17, 15) is 19.5 Å². The van der Waals surface area contributed by atoms with Crippen molar-refractivity contribution in [2.24, 2.45) is 0 Å². The van der Waals surface area contributed by atoms with Crippen molar-refractivity contribution in [3.05, 3.63) is 124 Å². The van der Waals surface area contributed by atoms with Gasteiger partial charge in [-0.3, -0.25) is 14.4 Å². The Labute approximate surface area is 246 Å². The molecule has 7 heteroatoms. The standard InChI is InChI=1S/C35H38N2O5/c1-4-5-11-32(37-23-24(2)20-29(35(37)41)21-25-9-7-6-8-10-25)34(40)36-31(22-33(38)39)28-14-12-26(13-15-28)27-16-18-30(42-3)19-17-27/h6-10,12-20,23,31-32H,4-5,11,21-22H2,1-3H3,(H,36,40)(H,38,39)/t31-,32?/m0/s1. The van der Waals surface area contributed by atoms with E-state index >= 15 is 0 Å². The average Bonchev–Trinajstić information content (AvgIpc) is 2.99. The van der Waals surface area contributed by atoms with Crippen LogP contribution in [0.5, 0.6) is 5.75 Å². The predicted octanol–water partition coefficient (Wildman–Crippen LogP) is 6.49. The number of carboxylic acid groups (broad SMARTS) is 1. The first kappa shape index (κ1) is 30.3. The van der Waals surface area contributed by atoms with E-state index in [0.29, 0.717) is 24.0 Å². The van der Waals surface area contributed by atoms with Gasteiger partial charge in [0.05, 0.1) is 19.6 Å². The van der Waals surface area contributed by atoms with Gasteiger partial charge in [0.25, 0.3) is 5.56 Å². The number of carbonyl (C=O) groups excluding carboxylic acids is 1. The highest BCUT2D eigenvalue weighted by atomic mass is 16.5. The van der Waals surface area contributed by atoms with Gasteiger partial charge < -0.3 is 19.7 Å². The normalized spacial score (nSPS) is 12.4. The molecule has 0 spiro atoms. The maximum atomic E-state index is 13.8. The third-order valence-corrected chi connectivity index (χ3v) is 7.39. The molecule has 2 atom stereocenters. The zero-order valence-electron chi connectivity index (χ0n) is 24.4. The Balaban J connectivity index is 1.61. The van der Waals surface area contributed by atoms with Crippen LogP contribution in [0.1, 0.15) is 66.9 Å². The zero-order valence-corrected chi connectivity index (χ0v) is 24.4. The number of hydrogen-bond donors (Lipinski definition) is 2. The Kier molecular flexibility index (Phi) is 10.3. The molecule has 1 amide bonds. The molecule has 1 aromatic heterocycles. The second kappa shape index (κ2) is 14.3. The molecular formula is C35H38N2O5. The summed E-state index contributed by atoms with van der Waals surface area (Å²) in [6.45, 7) is 3.95. The van der Waals surface area contributed by atoms with Crippen molar-refractivity contribution in [2.45, 2.75) is 58.0 Å². The lowest BCUT2D eigenvalue weighted by molar-refractivity contribution is -0.138. The minimum absolute atomic E-state index is 0.209. The van der Waals surface area contributed by atoms with Gasteiger partial charge in [0.2, 0.25) is 5.91 Å². The molecule has 4 rings (SSSR count). The summed E-state index contributed by atoms with van der Waals surface area (Å²) in [7, 11) is 1.62. The van der Waals surface area contributed by atoms with E-state index in [1.807, 2.05) is 98.8 Å². The number of unbranched alkanes of at least 4 members (excludes halogenated alkanes) is 1. The Hall–Kier alpha value is -4.65. The second-order valence-corrected chi connectivity index (χ2v) is 10.6. The van der Waals surface area contributed by atoms with Crippen molar-refractivity contribution in [3.63, 3.8) is 0 Å². The van der Waals surface area contributed by atoms with Crippen LogP contribution in [0.2, 0.25) is 0 Å². The summed E-state index contributed by atoms with van der Waals surface area (Å²) < 4.78 is 6.77. The van der Waals surface area contributed by atoms with Gasteiger partial charge in [0.1, 0.15) is 11.8 Å². The predicted molar refractivity (Wildman–Crippen MR) is 165 cm³/mol. The van der Waals surface area contributed by atoms with E-state index in [0.717, 1.165) is 40.8 Å². The lowest BCUT2D eigenvalue weighted by Gasteiger charge is -2.25. The number of rotatable bonds is 13. The fourth-order valence-electron chi connectivity index (χ4n) is 5.17. The molecule has 2 N–H and O–H groups in total. The fourth-order valence-corrected chi connectivity index (χ4v) is 5.17. The monoisotopic (exact) mass is 566 g/mol. The van der Waals surface area contributed by atoms with E-state index in [2.05, 4.69) is 5.32 Å². The molecular weight excluding hydrogens is 528 g/mol. The molecule has 0 radical (unpaired) electrons.